The molecule has 17 heavy (non-hydrogen) atoms. The minimum Gasteiger partial charge on any atom is -0.369 e. The van der Waals surface area contributed by atoms with Crippen LogP contribution in [0.15, 0.2) is 18.2 Å². The summed E-state index contributed by atoms with van der Waals surface area (Å²) in [5.74, 6) is 0. The van der Waals surface area contributed by atoms with Gasteiger partial charge in [0.05, 0.1) is 11.3 Å². The molecule has 0 N–H and O–H groups in total. The number of hydrogen-bond acceptors (Lipinski definition) is 3. The minimum absolute atomic E-state index is 0.599. The van der Waals surface area contributed by atoms with Crippen LogP contribution in [0.2, 0.25) is 0 Å². The van der Waals surface area contributed by atoms with E-state index in [2.05, 4.69) is 43.0 Å². The van der Waals surface area contributed by atoms with Gasteiger partial charge >= 0.3 is 0 Å². The van der Waals surface area contributed by atoms with Gasteiger partial charge in [0.25, 0.3) is 0 Å². The van der Waals surface area contributed by atoms with Crippen molar-refractivity contribution in [2.24, 2.45) is 0 Å². The molecule has 1 aliphatic rings. The summed E-state index contributed by atoms with van der Waals surface area (Å²) in [5.41, 5.74) is 3.10. The highest BCUT2D eigenvalue weighted by Crippen LogP contribution is 2.26. The zero-order chi connectivity index (χ0) is 12.4. The standard InChI is InChI=1S/C14H19N3/c1-11-4-5-12(9-15)14(8-11)17-7-6-13(10-17)16(2)3/h4-5,8,13H,6-7,10H2,1-3H3. The smallest absolute Gasteiger partial charge is 0.101 e. The Balaban J connectivity index is 2.24. The number of nitrogens with zero attached hydrogens (tertiary/aromatic N) is 3. The van der Waals surface area contributed by atoms with Crippen LogP contribution in [0.5, 0.6) is 0 Å². The second-order valence-corrected chi connectivity index (χ2v) is 4.98. The van der Waals surface area contributed by atoms with Crippen molar-refractivity contribution in [2.75, 3.05) is 32.1 Å². The number of hydrogen-bond donors (Lipinski definition) is 0. The fourth-order valence-corrected chi connectivity index (χ4v) is 2.38. The number of rotatable bonds is 2. The van der Waals surface area contributed by atoms with E-state index in [1.165, 1.54) is 12.0 Å². The van der Waals surface area contributed by atoms with Gasteiger partial charge in [-0.15, -0.1) is 0 Å². The molecule has 3 heteroatoms. The van der Waals surface area contributed by atoms with Crippen molar-refractivity contribution in [3.05, 3.63) is 29.3 Å². The Labute approximate surface area is 103 Å². The van der Waals surface area contributed by atoms with Crippen LogP contribution in [0.25, 0.3) is 0 Å². The van der Waals surface area contributed by atoms with E-state index < -0.39 is 0 Å². The zero-order valence-corrected chi connectivity index (χ0v) is 10.8. The molecule has 0 radical (unpaired) electrons. The molecule has 1 aromatic carbocycles. The molecule has 1 atom stereocenters. The minimum atomic E-state index is 0.599. The van der Waals surface area contributed by atoms with Crippen molar-refractivity contribution < 1.29 is 0 Å². The molecule has 0 bridgehead atoms. The van der Waals surface area contributed by atoms with E-state index in [4.69, 9.17) is 5.26 Å². The molecule has 1 fully saturated rings. The van der Waals surface area contributed by atoms with Crippen LogP contribution in [0.4, 0.5) is 5.69 Å². The highest BCUT2D eigenvalue weighted by Gasteiger charge is 2.25. The van der Waals surface area contributed by atoms with E-state index in [1.54, 1.807) is 0 Å². The lowest BCUT2D eigenvalue weighted by Crippen LogP contribution is -2.31. The summed E-state index contributed by atoms with van der Waals surface area (Å²) in [6.45, 7) is 4.14. The third-order valence-electron chi connectivity index (χ3n) is 3.51. The van der Waals surface area contributed by atoms with Gasteiger partial charge in [-0.3, -0.25) is 0 Å². The first-order chi connectivity index (χ1) is 8.11. The van der Waals surface area contributed by atoms with Crippen molar-refractivity contribution in [1.29, 1.82) is 5.26 Å². The van der Waals surface area contributed by atoms with E-state index in [1.807, 2.05) is 12.1 Å². The lowest BCUT2D eigenvalue weighted by molar-refractivity contribution is 0.315. The zero-order valence-electron chi connectivity index (χ0n) is 10.8. The monoisotopic (exact) mass is 229 g/mol. The number of aryl methyl sites for hydroxylation is 1. The van der Waals surface area contributed by atoms with Gasteiger partial charge in [-0.2, -0.15) is 5.26 Å². The van der Waals surface area contributed by atoms with Gasteiger partial charge in [-0.1, -0.05) is 6.07 Å². The summed E-state index contributed by atoms with van der Waals surface area (Å²) in [7, 11) is 4.24. The second-order valence-electron chi connectivity index (χ2n) is 4.98. The fraction of sp³-hybridized carbons (Fsp3) is 0.500. The quantitative estimate of drug-likeness (QED) is 0.777. The summed E-state index contributed by atoms with van der Waals surface area (Å²) >= 11 is 0. The Morgan fingerprint density at radius 3 is 2.76 bits per heavy atom. The molecule has 1 aromatic rings. The van der Waals surface area contributed by atoms with Crippen molar-refractivity contribution in [1.82, 2.24) is 4.90 Å². The number of anilines is 1. The Morgan fingerprint density at radius 1 is 1.41 bits per heavy atom. The van der Waals surface area contributed by atoms with E-state index in [9.17, 15) is 0 Å². The van der Waals surface area contributed by atoms with Crippen LogP contribution in [0.3, 0.4) is 0 Å². The third-order valence-corrected chi connectivity index (χ3v) is 3.51. The maximum absolute atomic E-state index is 9.16. The average molecular weight is 229 g/mol. The van der Waals surface area contributed by atoms with Gasteiger partial charge in [-0.05, 0) is 45.1 Å². The molecule has 1 heterocycles. The lowest BCUT2D eigenvalue weighted by Gasteiger charge is -2.22. The molecule has 0 saturated carbocycles. The first-order valence-electron chi connectivity index (χ1n) is 6.04. The second kappa shape index (κ2) is 4.77. The molecular formula is C14H19N3. The molecule has 1 aliphatic heterocycles. The molecule has 0 aromatic heterocycles. The predicted molar refractivity (Wildman–Crippen MR) is 70.2 cm³/mol. The maximum atomic E-state index is 9.16. The van der Waals surface area contributed by atoms with Gasteiger partial charge in [0.15, 0.2) is 0 Å². The highest BCUT2D eigenvalue weighted by molar-refractivity contribution is 5.61. The Kier molecular flexibility index (Phi) is 3.35. The Bertz CT molecular complexity index is 445. The SMILES string of the molecule is Cc1ccc(C#N)c(N2CCC(N(C)C)C2)c1. The number of nitriles is 1. The summed E-state index contributed by atoms with van der Waals surface area (Å²) in [6.07, 6.45) is 1.17. The number of likely N-dealkylation sites (N-methyl/N-ethyl adjacent to an activating group) is 1. The fourth-order valence-electron chi connectivity index (χ4n) is 2.38. The molecule has 3 nitrogen and oxygen atoms in total. The molecule has 0 amide bonds. The molecule has 0 spiro atoms. The largest absolute Gasteiger partial charge is 0.369 e. The topological polar surface area (TPSA) is 30.3 Å². The van der Waals surface area contributed by atoms with E-state index in [0.717, 1.165) is 24.3 Å². The Morgan fingerprint density at radius 2 is 2.18 bits per heavy atom. The van der Waals surface area contributed by atoms with Crippen molar-refractivity contribution >= 4 is 5.69 Å². The van der Waals surface area contributed by atoms with Crippen LogP contribution in [0.1, 0.15) is 17.5 Å². The summed E-state index contributed by atoms with van der Waals surface area (Å²) in [6, 6.07) is 8.94. The summed E-state index contributed by atoms with van der Waals surface area (Å²) < 4.78 is 0. The maximum Gasteiger partial charge on any atom is 0.101 e. The van der Waals surface area contributed by atoms with Crippen LogP contribution in [-0.4, -0.2) is 38.1 Å². The van der Waals surface area contributed by atoms with E-state index >= 15 is 0 Å². The van der Waals surface area contributed by atoms with Gasteiger partial charge in [0.1, 0.15) is 6.07 Å². The Hall–Kier alpha value is -1.53. The first-order valence-corrected chi connectivity index (χ1v) is 6.04. The average Bonchev–Trinajstić information content (AvgIpc) is 2.78. The molecular weight excluding hydrogens is 210 g/mol. The lowest BCUT2D eigenvalue weighted by atomic mass is 10.1. The van der Waals surface area contributed by atoms with Crippen LogP contribution >= 0.6 is 0 Å². The van der Waals surface area contributed by atoms with Crippen molar-refractivity contribution in [2.45, 2.75) is 19.4 Å². The van der Waals surface area contributed by atoms with Gasteiger partial charge in [0, 0.05) is 19.1 Å². The summed E-state index contributed by atoms with van der Waals surface area (Å²) in [5, 5.41) is 9.16. The normalized spacial score (nSPS) is 19.7. The first kappa shape index (κ1) is 11.9. The highest BCUT2D eigenvalue weighted by atomic mass is 15.2. The molecule has 2 rings (SSSR count). The van der Waals surface area contributed by atoms with Crippen molar-refractivity contribution in [3.8, 4) is 6.07 Å². The van der Waals surface area contributed by atoms with Crippen LogP contribution in [0, 0.1) is 18.3 Å². The van der Waals surface area contributed by atoms with Crippen molar-refractivity contribution in [3.63, 3.8) is 0 Å². The summed E-state index contributed by atoms with van der Waals surface area (Å²) in [4.78, 5) is 4.60. The predicted octanol–water partition coefficient (Wildman–Crippen LogP) is 2.01. The van der Waals surface area contributed by atoms with Gasteiger partial charge in [-0.25, -0.2) is 0 Å². The van der Waals surface area contributed by atoms with E-state index in [0.29, 0.717) is 6.04 Å². The van der Waals surface area contributed by atoms with Crippen LogP contribution < -0.4 is 4.90 Å². The third kappa shape index (κ3) is 2.42. The molecule has 90 valence electrons. The molecule has 1 unspecified atom stereocenters. The molecule has 0 aliphatic carbocycles. The van der Waals surface area contributed by atoms with E-state index in [-0.39, 0.29) is 0 Å². The molecule has 1 saturated heterocycles. The number of benzene rings is 1. The van der Waals surface area contributed by atoms with Crippen LogP contribution in [-0.2, 0) is 0 Å². The van der Waals surface area contributed by atoms with Gasteiger partial charge < -0.3 is 9.80 Å². The van der Waals surface area contributed by atoms with Gasteiger partial charge in [0.2, 0.25) is 0 Å².